The summed E-state index contributed by atoms with van der Waals surface area (Å²) in [6.07, 6.45) is 0.944. The number of anilines is 1. The summed E-state index contributed by atoms with van der Waals surface area (Å²) in [6, 6.07) is 4.54. The second kappa shape index (κ2) is 6.29. The quantitative estimate of drug-likeness (QED) is 0.787. The minimum Gasteiger partial charge on any atom is -0.478 e. The van der Waals surface area contributed by atoms with Gasteiger partial charge >= 0.3 is 12.0 Å². The summed E-state index contributed by atoms with van der Waals surface area (Å²) in [5, 5.41) is 14.5. The van der Waals surface area contributed by atoms with E-state index in [0.29, 0.717) is 4.47 Å². The van der Waals surface area contributed by atoms with Gasteiger partial charge in [0.15, 0.2) is 0 Å². The number of hydrogen-bond donors (Lipinski definition) is 3. The first-order valence-electron chi connectivity index (χ1n) is 5.75. The Labute approximate surface area is 123 Å². The van der Waals surface area contributed by atoms with Crippen molar-refractivity contribution in [1.82, 2.24) is 5.32 Å². The molecule has 1 heterocycles. The first-order valence-corrected chi connectivity index (χ1v) is 7.70. The van der Waals surface area contributed by atoms with Crippen LogP contribution in [-0.4, -0.2) is 34.7 Å². The summed E-state index contributed by atoms with van der Waals surface area (Å²) in [6.45, 7) is 0. The van der Waals surface area contributed by atoms with E-state index in [1.807, 2.05) is 0 Å². The van der Waals surface area contributed by atoms with E-state index in [4.69, 9.17) is 5.11 Å². The summed E-state index contributed by atoms with van der Waals surface area (Å²) < 4.78 is 0.545. The molecule has 1 aromatic rings. The average molecular weight is 345 g/mol. The molecule has 0 radical (unpaired) electrons. The molecule has 2 amide bonds. The Kier molecular flexibility index (Phi) is 4.71. The number of hydrogen-bond acceptors (Lipinski definition) is 3. The lowest BCUT2D eigenvalue weighted by atomic mass is 10.2. The minimum absolute atomic E-state index is 0.0605. The Bertz CT molecular complexity index is 504. The Balaban J connectivity index is 2.09. The van der Waals surface area contributed by atoms with Crippen molar-refractivity contribution in [2.75, 3.05) is 16.8 Å². The standard InChI is InChI=1S/C12H13BrN2O3S/c13-9-3-1-2-8(11(16)17)10(9)15-12(18)14-7-4-5-19-6-7/h1-3,7H,4-6H2,(H,16,17)(H2,14,15,18). The minimum atomic E-state index is -1.08. The van der Waals surface area contributed by atoms with Crippen LogP contribution in [0.5, 0.6) is 0 Å². The Morgan fingerprint density at radius 3 is 2.84 bits per heavy atom. The number of halogens is 1. The van der Waals surface area contributed by atoms with Gasteiger partial charge in [-0.05, 0) is 40.2 Å². The largest absolute Gasteiger partial charge is 0.478 e. The number of nitrogens with one attached hydrogen (secondary N) is 2. The first kappa shape index (κ1) is 14.2. The molecule has 7 heteroatoms. The number of carbonyl (C=O) groups is 2. The number of thioether (sulfide) groups is 1. The summed E-state index contributed by atoms with van der Waals surface area (Å²) in [4.78, 5) is 23.0. The van der Waals surface area contributed by atoms with E-state index in [0.717, 1.165) is 17.9 Å². The van der Waals surface area contributed by atoms with Gasteiger partial charge in [-0.25, -0.2) is 9.59 Å². The number of carbonyl (C=O) groups excluding carboxylic acids is 1. The first-order chi connectivity index (χ1) is 9.08. The van der Waals surface area contributed by atoms with Crippen molar-refractivity contribution in [3.8, 4) is 0 Å². The lowest BCUT2D eigenvalue weighted by molar-refractivity contribution is 0.0698. The molecule has 1 aromatic carbocycles. The van der Waals surface area contributed by atoms with Crippen LogP contribution < -0.4 is 10.6 Å². The molecule has 0 saturated carbocycles. The van der Waals surface area contributed by atoms with Gasteiger partial charge < -0.3 is 15.7 Å². The maximum Gasteiger partial charge on any atom is 0.337 e. The fourth-order valence-corrected chi connectivity index (χ4v) is 3.43. The third-order valence-electron chi connectivity index (χ3n) is 2.75. The molecule has 3 N–H and O–H groups in total. The van der Waals surface area contributed by atoms with Crippen molar-refractivity contribution < 1.29 is 14.7 Å². The van der Waals surface area contributed by atoms with Crippen molar-refractivity contribution in [3.63, 3.8) is 0 Å². The molecule has 1 aliphatic rings. The molecule has 0 aromatic heterocycles. The zero-order valence-corrected chi connectivity index (χ0v) is 12.4. The molecule has 5 nitrogen and oxygen atoms in total. The van der Waals surface area contributed by atoms with Gasteiger partial charge in [0, 0.05) is 16.3 Å². The van der Waals surface area contributed by atoms with Crippen molar-refractivity contribution in [1.29, 1.82) is 0 Å². The summed E-state index contributed by atoms with van der Waals surface area (Å²) in [5.74, 6) is 0.864. The fraction of sp³-hybridized carbons (Fsp3) is 0.333. The van der Waals surface area contributed by atoms with Gasteiger partial charge in [0.1, 0.15) is 0 Å². The van der Waals surface area contributed by atoms with E-state index in [1.165, 1.54) is 6.07 Å². The SMILES string of the molecule is O=C(Nc1c(Br)cccc1C(=O)O)NC1CCSC1. The van der Waals surface area contributed by atoms with Crippen LogP contribution in [0.2, 0.25) is 0 Å². The molecule has 2 rings (SSSR count). The molecular formula is C12H13BrN2O3S. The molecule has 102 valence electrons. The summed E-state index contributed by atoms with van der Waals surface area (Å²) in [5.41, 5.74) is 0.337. The monoisotopic (exact) mass is 344 g/mol. The fourth-order valence-electron chi connectivity index (χ4n) is 1.81. The van der Waals surface area contributed by atoms with Gasteiger partial charge in [-0.2, -0.15) is 11.8 Å². The van der Waals surface area contributed by atoms with E-state index in [-0.39, 0.29) is 23.3 Å². The number of amides is 2. The van der Waals surface area contributed by atoms with Crippen molar-refractivity contribution >= 4 is 45.4 Å². The third-order valence-corrected chi connectivity index (χ3v) is 4.57. The predicted octanol–water partition coefficient (Wildman–Crippen LogP) is 2.77. The lowest BCUT2D eigenvalue weighted by Crippen LogP contribution is -2.38. The second-order valence-electron chi connectivity index (χ2n) is 4.13. The number of benzene rings is 1. The van der Waals surface area contributed by atoms with E-state index < -0.39 is 5.97 Å². The molecule has 1 unspecified atom stereocenters. The molecule has 0 aliphatic carbocycles. The molecule has 1 fully saturated rings. The van der Waals surface area contributed by atoms with Crippen LogP contribution in [0.3, 0.4) is 0 Å². The highest BCUT2D eigenvalue weighted by Gasteiger charge is 2.20. The van der Waals surface area contributed by atoms with Crippen LogP contribution in [0.1, 0.15) is 16.8 Å². The van der Waals surface area contributed by atoms with E-state index >= 15 is 0 Å². The lowest BCUT2D eigenvalue weighted by Gasteiger charge is -2.14. The Morgan fingerprint density at radius 2 is 2.21 bits per heavy atom. The van der Waals surface area contributed by atoms with Crippen LogP contribution in [0, 0.1) is 0 Å². The maximum absolute atomic E-state index is 11.9. The Morgan fingerprint density at radius 1 is 1.42 bits per heavy atom. The number of aromatic carboxylic acids is 1. The van der Waals surface area contributed by atoms with E-state index in [1.54, 1.807) is 23.9 Å². The highest BCUT2D eigenvalue weighted by molar-refractivity contribution is 9.10. The van der Waals surface area contributed by atoms with Gasteiger partial charge in [-0.1, -0.05) is 6.07 Å². The molecule has 1 aliphatic heterocycles. The van der Waals surface area contributed by atoms with Gasteiger partial charge in [0.25, 0.3) is 0 Å². The van der Waals surface area contributed by atoms with Gasteiger partial charge in [0.05, 0.1) is 11.3 Å². The Hall–Kier alpha value is -1.21. The van der Waals surface area contributed by atoms with E-state index in [2.05, 4.69) is 26.6 Å². The number of urea groups is 1. The van der Waals surface area contributed by atoms with Crippen molar-refractivity contribution in [3.05, 3.63) is 28.2 Å². The molecule has 19 heavy (non-hydrogen) atoms. The van der Waals surface area contributed by atoms with Gasteiger partial charge in [-0.3, -0.25) is 0 Å². The smallest absolute Gasteiger partial charge is 0.337 e. The molecule has 1 saturated heterocycles. The molecule has 0 spiro atoms. The van der Waals surface area contributed by atoms with Crippen molar-refractivity contribution in [2.24, 2.45) is 0 Å². The molecular weight excluding hydrogens is 332 g/mol. The number of carboxylic acids is 1. The third kappa shape index (κ3) is 3.63. The molecule has 0 bridgehead atoms. The van der Waals surface area contributed by atoms with Gasteiger partial charge in [0.2, 0.25) is 0 Å². The van der Waals surface area contributed by atoms with Gasteiger partial charge in [-0.15, -0.1) is 0 Å². The summed E-state index contributed by atoms with van der Waals surface area (Å²) in [7, 11) is 0. The highest BCUT2D eigenvalue weighted by Crippen LogP contribution is 2.26. The highest BCUT2D eigenvalue weighted by atomic mass is 79.9. The zero-order chi connectivity index (χ0) is 13.8. The normalized spacial score (nSPS) is 18.1. The van der Waals surface area contributed by atoms with Crippen molar-refractivity contribution in [2.45, 2.75) is 12.5 Å². The second-order valence-corrected chi connectivity index (χ2v) is 6.13. The number of rotatable bonds is 3. The molecule has 1 atom stereocenters. The average Bonchev–Trinajstić information content (AvgIpc) is 2.84. The van der Waals surface area contributed by atoms with E-state index in [9.17, 15) is 9.59 Å². The van der Waals surface area contributed by atoms with Crippen LogP contribution in [0.25, 0.3) is 0 Å². The topological polar surface area (TPSA) is 78.4 Å². The maximum atomic E-state index is 11.9. The van der Waals surface area contributed by atoms with Crippen LogP contribution in [-0.2, 0) is 0 Å². The number of para-hydroxylation sites is 1. The van der Waals surface area contributed by atoms with Crippen LogP contribution >= 0.6 is 27.7 Å². The summed E-state index contributed by atoms with van der Waals surface area (Å²) >= 11 is 5.04. The van der Waals surface area contributed by atoms with Crippen LogP contribution in [0.15, 0.2) is 22.7 Å². The van der Waals surface area contributed by atoms with Crippen LogP contribution in [0.4, 0.5) is 10.5 Å². The predicted molar refractivity (Wildman–Crippen MR) is 79.0 cm³/mol. The zero-order valence-electron chi connectivity index (χ0n) is 9.98. The number of carboxylic acid groups (broad SMARTS) is 1.